The summed E-state index contributed by atoms with van der Waals surface area (Å²) in [7, 11) is 0. The highest BCUT2D eigenvalue weighted by molar-refractivity contribution is 5.39. The van der Waals surface area contributed by atoms with Gasteiger partial charge < -0.3 is 5.11 Å². The van der Waals surface area contributed by atoms with Gasteiger partial charge in [-0.3, -0.25) is 0 Å². The van der Waals surface area contributed by atoms with Crippen molar-refractivity contribution in [1.82, 2.24) is 0 Å². The SMILES string of the molecule is CC(C)(C)C(O)(C1=CC2C=CC1C2)C(C)(C)C. The maximum Gasteiger partial charge on any atom is 0.0958 e. The van der Waals surface area contributed by atoms with Gasteiger partial charge in [-0.25, -0.2) is 0 Å². The highest BCUT2D eigenvalue weighted by Crippen LogP contribution is 2.55. The molecule has 0 saturated heterocycles. The molecule has 2 rings (SSSR count). The lowest BCUT2D eigenvalue weighted by atomic mass is 9.57. The van der Waals surface area contributed by atoms with Gasteiger partial charge in [-0.05, 0) is 28.7 Å². The molecule has 2 bridgehead atoms. The Bertz CT molecular complexity index is 359. The van der Waals surface area contributed by atoms with E-state index >= 15 is 0 Å². The molecule has 1 N–H and O–H groups in total. The van der Waals surface area contributed by atoms with E-state index < -0.39 is 5.60 Å². The van der Waals surface area contributed by atoms with E-state index in [1.807, 2.05) is 0 Å². The third kappa shape index (κ3) is 1.71. The topological polar surface area (TPSA) is 20.2 Å². The summed E-state index contributed by atoms with van der Waals surface area (Å²) in [6.07, 6.45) is 8.04. The molecule has 0 saturated carbocycles. The van der Waals surface area contributed by atoms with Crippen molar-refractivity contribution in [1.29, 1.82) is 0 Å². The van der Waals surface area contributed by atoms with Crippen LogP contribution in [0.2, 0.25) is 0 Å². The summed E-state index contributed by atoms with van der Waals surface area (Å²) in [4.78, 5) is 0. The van der Waals surface area contributed by atoms with E-state index in [9.17, 15) is 5.11 Å². The van der Waals surface area contributed by atoms with Crippen molar-refractivity contribution in [3.05, 3.63) is 23.8 Å². The lowest BCUT2D eigenvalue weighted by Crippen LogP contribution is -2.55. The van der Waals surface area contributed by atoms with Gasteiger partial charge in [0.05, 0.1) is 5.60 Å². The van der Waals surface area contributed by atoms with E-state index in [2.05, 4.69) is 59.8 Å². The Morgan fingerprint density at radius 3 is 1.82 bits per heavy atom. The van der Waals surface area contributed by atoms with Crippen LogP contribution in [0.5, 0.6) is 0 Å². The number of hydrogen-bond donors (Lipinski definition) is 1. The van der Waals surface area contributed by atoms with Crippen LogP contribution in [0.25, 0.3) is 0 Å². The van der Waals surface area contributed by atoms with Gasteiger partial charge in [0.1, 0.15) is 0 Å². The average Bonchev–Trinajstić information content (AvgIpc) is 2.73. The Kier molecular flexibility index (Phi) is 2.63. The van der Waals surface area contributed by atoms with Crippen LogP contribution < -0.4 is 0 Å². The third-order valence-corrected chi connectivity index (χ3v) is 4.50. The molecular formula is C16H26O. The molecular weight excluding hydrogens is 208 g/mol. The molecule has 96 valence electrons. The number of aliphatic hydroxyl groups is 1. The predicted molar refractivity (Wildman–Crippen MR) is 72.7 cm³/mol. The molecule has 0 aromatic rings. The van der Waals surface area contributed by atoms with Gasteiger partial charge >= 0.3 is 0 Å². The monoisotopic (exact) mass is 234 g/mol. The minimum atomic E-state index is -0.732. The fourth-order valence-corrected chi connectivity index (χ4v) is 3.82. The molecule has 0 spiro atoms. The second-order valence-corrected chi connectivity index (χ2v) is 7.72. The Labute approximate surface area is 106 Å². The quantitative estimate of drug-likeness (QED) is 0.681. The standard InChI is InChI=1S/C16H26O/c1-14(2,3)16(17,15(4,5)6)13-10-11-7-8-12(13)9-11/h7-8,10-12,17H,9H2,1-6H3. The Morgan fingerprint density at radius 2 is 1.53 bits per heavy atom. The normalized spacial score (nSPS) is 28.8. The molecule has 0 aromatic carbocycles. The van der Waals surface area contributed by atoms with Gasteiger partial charge in [0.2, 0.25) is 0 Å². The van der Waals surface area contributed by atoms with Crippen LogP contribution in [0.3, 0.4) is 0 Å². The number of hydrogen-bond acceptors (Lipinski definition) is 1. The first-order chi connectivity index (χ1) is 7.57. The van der Waals surface area contributed by atoms with Gasteiger partial charge in [0.25, 0.3) is 0 Å². The number of rotatable bonds is 1. The van der Waals surface area contributed by atoms with Crippen molar-refractivity contribution < 1.29 is 5.11 Å². The van der Waals surface area contributed by atoms with E-state index in [4.69, 9.17) is 0 Å². The second kappa shape index (κ2) is 3.47. The van der Waals surface area contributed by atoms with Crippen LogP contribution in [-0.4, -0.2) is 10.7 Å². The summed E-state index contributed by atoms with van der Waals surface area (Å²) in [5, 5.41) is 11.4. The Balaban J connectivity index is 2.47. The zero-order chi connectivity index (χ0) is 13.1. The highest BCUT2D eigenvalue weighted by atomic mass is 16.3. The summed E-state index contributed by atoms with van der Waals surface area (Å²) in [5.74, 6) is 1.02. The molecule has 0 radical (unpaired) electrons. The minimum absolute atomic E-state index is 0.143. The first-order valence-electron chi connectivity index (χ1n) is 6.70. The molecule has 0 aliphatic heterocycles. The first-order valence-corrected chi connectivity index (χ1v) is 6.70. The summed E-state index contributed by atoms with van der Waals surface area (Å²) < 4.78 is 0. The molecule has 0 fully saturated rings. The highest BCUT2D eigenvalue weighted by Gasteiger charge is 2.54. The van der Waals surface area contributed by atoms with Crippen LogP contribution in [0.4, 0.5) is 0 Å². The van der Waals surface area contributed by atoms with Gasteiger partial charge in [0.15, 0.2) is 0 Å². The van der Waals surface area contributed by atoms with E-state index in [1.54, 1.807) is 0 Å². The number of allylic oxidation sites excluding steroid dienone is 3. The average molecular weight is 234 g/mol. The van der Waals surface area contributed by atoms with E-state index in [1.165, 1.54) is 12.0 Å². The summed E-state index contributed by atoms with van der Waals surface area (Å²) in [5.41, 5.74) is 0.236. The lowest BCUT2D eigenvalue weighted by molar-refractivity contribution is -0.109. The van der Waals surface area contributed by atoms with Crippen molar-refractivity contribution in [3.8, 4) is 0 Å². The Hall–Kier alpha value is -0.560. The lowest BCUT2D eigenvalue weighted by Gasteiger charge is -2.52. The maximum absolute atomic E-state index is 11.4. The van der Waals surface area contributed by atoms with E-state index in [0.717, 1.165) is 0 Å². The van der Waals surface area contributed by atoms with E-state index in [-0.39, 0.29) is 10.8 Å². The molecule has 2 aliphatic carbocycles. The van der Waals surface area contributed by atoms with Crippen LogP contribution in [0.1, 0.15) is 48.0 Å². The number of fused-ring (bicyclic) bond motifs is 2. The molecule has 17 heavy (non-hydrogen) atoms. The smallest absolute Gasteiger partial charge is 0.0958 e. The van der Waals surface area contributed by atoms with Gasteiger partial charge in [-0.15, -0.1) is 0 Å². The van der Waals surface area contributed by atoms with Crippen molar-refractivity contribution in [3.63, 3.8) is 0 Å². The summed E-state index contributed by atoms with van der Waals surface area (Å²) >= 11 is 0. The van der Waals surface area contributed by atoms with Crippen LogP contribution in [-0.2, 0) is 0 Å². The first kappa shape index (κ1) is 12.9. The zero-order valence-electron chi connectivity index (χ0n) is 12.0. The van der Waals surface area contributed by atoms with Crippen LogP contribution in [0, 0.1) is 22.7 Å². The predicted octanol–water partition coefficient (Wildman–Crippen LogP) is 3.94. The molecule has 1 heteroatoms. The molecule has 2 atom stereocenters. The van der Waals surface area contributed by atoms with E-state index in [0.29, 0.717) is 11.8 Å². The van der Waals surface area contributed by atoms with Gasteiger partial charge in [-0.1, -0.05) is 59.8 Å². The zero-order valence-corrected chi connectivity index (χ0v) is 12.0. The van der Waals surface area contributed by atoms with Gasteiger partial charge in [0, 0.05) is 5.92 Å². The molecule has 2 aliphatic rings. The molecule has 2 unspecified atom stereocenters. The maximum atomic E-state index is 11.4. The molecule has 1 nitrogen and oxygen atoms in total. The van der Waals surface area contributed by atoms with Gasteiger partial charge in [-0.2, -0.15) is 0 Å². The fraction of sp³-hybridized carbons (Fsp3) is 0.750. The summed E-state index contributed by atoms with van der Waals surface area (Å²) in [6, 6.07) is 0. The van der Waals surface area contributed by atoms with Crippen molar-refractivity contribution in [2.45, 2.75) is 53.6 Å². The summed E-state index contributed by atoms with van der Waals surface area (Å²) in [6.45, 7) is 12.9. The van der Waals surface area contributed by atoms with Crippen molar-refractivity contribution >= 4 is 0 Å². The largest absolute Gasteiger partial charge is 0.384 e. The fourth-order valence-electron chi connectivity index (χ4n) is 3.82. The van der Waals surface area contributed by atoms with Crippen molar-refractivity contribution in [2.75, 3.05) is 0 Å². The Morgan fingerprint density at radius 1 is 1.00 bits per heavy atom. The molecule has 0 heterocycles. The van der Waals surface area contributed by atoms with Crippen LogP contribution in [0.15, 0.2) is 23.8 Å². The third-order valence-electron chi connectivity index (χ3n) is 4.50. The second-order valence-electron chi connectivity index (χ2n) is 7.72. The minimum Gasteiger partial charge on any atom is -0.384 e. The van der Waals surface area contributed by atoms with Crippen LogP contribution >= 0.6 is 0 Å². The molecule has 0 aromatic heterocycles. The van der Waals surface area contributed by atoms with Crippen molar-refractivity contribution in [2.24, 2.45) is 22.7 Å². The molecule has 0 amide bonds.